The molecule has 0 saturated carbocycles. The summed E-state index contributed by atoms with van der Waals surface area (Å²) in [6.45, 7) is 5.70. The van der Waals surface area contributed by atoms with Crippen LogP contribution in [0.15, 0.2) is 46.9 Å². The minimum atomic E-state index is -0.189. The molecule has 0 aliphatic carbocycles. The molecule has 1 aliphatic heterocycles. The fourth-order valence-corrected chi connectivity index (χ4v) is 3.06. The van der Waals surface area contributed by atoms with Gasteiger partial charge < -0.3 is 14.8 Å². The Morgan fingerprint density at radius 2 is 1.92 bits per heavy atom. The minimum Gasteiger partial charge on any atom is -0.486 e. The molecule has 1 amide bonds. The Morgan fingerprint density at radius 3 is 2.71 bits per heavy atom. The van der Waals surface area contributed by atoms with Crippen LogP contribution in [-0.2, 0) is 5.41 Å². The van der Waals surface area contributed by atoms with Gasteiger partial charge in [-0.15, -0.1) is 0 Å². The van der Waals surface area contributed by atoms with E-state index in [9.17, 15) is 4.79 Å². The molecule has 1 N–H and O–H groups in total. The van der Waals surface area contributed by atoms with Gasteiger partial charge in [0.2, 0.25) is 0 Å². The van der Waals surface area contributed by atoms with E-state index in [-0.39, 0.29) is 11.3 Å². The Morgan fingerprint density at radius 1 is 1.17 bits per heavy atom. The molecule has 126 valence electrons. The van der Waals surface area contributed by atoms with Gasteiger partial charge in [-0.3, -0.25) is 4.79 Å². The molecular formula is C19H20BrNO3. The van der Waals surface area contributed by atoms with Crippen LogP contribution in [0.2, 0.25) is 0 Å². The first-order chi connectivity index (χ1) is 11.5. The van der Waals surface area contributed by atoms with Crippen molar-refractivity contribution in [2.24, 2.45) is 0 Å². The number of rotatable bonds is 4. The summed E-state index contributed by atoms with van der Waals surface area (Å²) < 4.78 is 12.2. The second-order valence-electron chi connectivity index (χ2n) is 6.41. The van der Waals surface area contributed by atoms with Crippen molar-refractivity contribution in [3.05, 3.63) is 58.1 Å². The molecule has 0 atom stereocenters. The maximum absolute atomic E-state index is 12.6. The highest BCUT2D eigenvalue weighted by Crippen LogP contribution is 2.33. The molecule has 0 aromatic heterocycles. The molecule has 0 unspecified atom stereocenters. The molecule has 0 fully saturated rings. The fourth-order valence-electron chi connectivity index (χ4n) is 2.66. The molecule has 5 heteroatoms. The standard InChI is InChI=1S/C19H20BrNO3/c1-19(2,13-5-3-6-14(20)11-13)12-21-18(22)15-7-4-8-16-17(15)24-10-9-23-16/h3-8,11H,9-10,12H2,1-2H3,(H,21,22). The van der Waals surface area contributed by atoms with Gasteiger partial charge in [0.1, 0.15) is 13.2 Å². The lowest BCUT2D eigenvalue weighted by Gasteiger charge is -2.26. The molecule has 1 aliphatic rings. The van der Waals surface area contributed by atoms with Gasteiger partial charge in [0.05, 0.1) is 5.56 Å². The van der Waals surface area contributed by atoms with Gasteiger partial charge >= 0.3 is 0 Å². The summed E-state index contributed by atoms with van der Waals surface area (Å²) in [5, 5.41) is 3.02. The van der Waals surface area contributed by atoms with E-state index in [1.807, 2.05) is 24.3 Å². The highest BCUT2D eigenvalue weighted by Gasteiger charge is 2.24. The normalized spacial score (nSPS) is 13.5. The van der Waals surface area contributed by atoms with Gasteiger partial charge in [-0.25, -0.2) is 0 Å². The topological polar surface area (TPSA) is 47.6 Å². The Bertz CT molecular complexity index is 758. The van der Waals surface area contributed by atoms with Crippen LogP contribution in [0.5, 0.6) is 11.5 Å². The molecule has 0 spiro atoms. The summed E-state index contributed by atoms with van der Waals surface area (Å²) >= 11 is 3.49. The van der Waals surface area contributed by atoms with Crippen LogP contribution in [0.4, 0.5) is 0 Å². The zero-order valence-electron chi connectivity index (χ0n) is 13.8. The van der Waals surface area contributed by atoms with E-state index in [2.05, 4.69) is 47.2 Å². The van der Waals surface area contributed by atoms with Crippen LogP contribution in [0.25, 0.3) is 0 Å². The second kappa shape index (κ2) is 6.85. The minimum absolute atomic E-state index is 0.152. The number of carbonyl (C=O) groups is 1. The molecule has 0 radical (unpaired) electrons. The summed E-state index contributed by atoms with van der Waals surface area (Å²) in [5.41, 5.74) is 1.48. The predicted octanol–water partition coefficient (Wildman–Crippen LogP) is 3.93. The first kappa shape index (κ1) is 16.8. The molecule has 1 heterocycles. The van der Waals surface area contributed by atoms with Gasteiger partial charge in [-0.05, 0) is 29.8 Å². The molecule has 2 aromatic rings. The first-order valence-electron chi connectivity index (χ1n) is 7.90. The van der Waals surface area contributed by atoms with Gasteiger partial charge in [0.15, 0.2) is 11.5 Å². The summed E-state index contributed by atoms with van der Waals surface area (Å²) in [6.07, 6.45) is 0. The second-order valence-corrected chi connectivity index (χ2v) is 7.32. The predicted molar refractivity (Wildman–Crippen MR) is 96.9 cm³/mol. The zero-order chi connectivity index (χ0) is 17.2. The number of benzene rings is 2. The Hall–Kier alpha value is -2.01. The number of hydrogen-bond acceptors (Lipinski definition) is 3. The largest absolute Gasteiger partial charge is 0.486 e. The third kappa shape index (κ3) is 3.56. The van der Waals surface area contributed by atoms with Crippen molar-refractivity contribution < 1.29 is 14.3 Å². The summed E-state index contributed by atoms with van der Waals surface area (Å²) in [7, 11) is 0. The zero-order valence-corrected chi connectivity index (χ0v) is 15.4. The van der Waals surface area contributed by atoms with Crippen LogP contribution in [0, 0.1) is 0 Å². The number of carbonyl (C=O) groups excluding carboxylic acids is 1. The number of amides is 1. The Labute approximate surface area is 150 Å². The lowest BCUT2D eigenvalue weighted by atomic mass is 9.84. The fraction of sp³-hybridized carbons (Fsp3) is 0.316. The summed E-state index contributed by atoms with van der Waals surface area (Å²) in [6, 6.07) is 13.5. The SMILES string of the molecule is CC(C)(CNC(=O)c1cccc2c1OCCO2)c1cccc(Br)c1. The van der Waals surface area contributed by atoms with Crippen LogP contribution < -0.4 is 14.8 Å². The van der Waals surface area contributed by atoms with Crippen molar-refractivity contribution in [2.75, 3.05) is 19.8 Å². The number of fused-ring (bicyclic) bond motifs is 1. The average molecular weight is 390 g/mol. The highest BCUT2D eigenvalue weighted by molar-refractivity contribution is 9.10. The van der Waals surface area contributed by atoms with Crippen molar-refractivity contribution in [1.29, 1.82) is 0 Å². The van der Waals surface area contributed by atoms with Crippen LogP contribution in [0.1, 0.15) is 29.8 Å². The van der Waals surface area contributed by atoms with Gasteiger partial charge in [0, 0.05) is 16.4 Å². The van der Waals surface area contributed by atoms with E-state index in [1.165, 1.54) is 0 Å². The van der Waals surface area contributed by atoms with E-state index in [4.69, 9.17) is 9.47 Å². The number of ether oxygens (including phenoxy) is 2. The average Bonchev–Trinajstić information content (AvgIpc) is 2.59. The van der Waals surface area contributed by atoms with Crippen molar-refractivity contribution in [3.8, 4) is 11.5 Å². The van der Waals surface area contributed by atoms with E-state index in [1.54, 1.807) is 6.07 Å². The van der Waals surface area contributed by atoms with Crippen LogP contribution >= 0.6 is 15.9 Å². The number of para-hydroxylation sites is 1. The maximum atomic E-state index is 12.6. The third-order valence-electron chi connectivity index (χ3n) is 4.11. The lowest BCUT2D eigenvalue weighted by Crippen LogP contribution is -2.37. The van der Waals surface area contributed by atoms with E-state index >= 15 is 0 Å². The van der Waals surface area contributed by atoms with Crippen molar-refractivity contribution in [1.82, 2.24) is 5.32 Å². The number of hydrogen-bond donors (Lipinski definition) is 1. The van der Waals surface area contributed by atoms with Crippen molar-refractivity contribution in [2.45, 2.75) is 19.3 Å². The van der Waals surface area contributed by atoms with E-state index < -0.39 is 0 Å². The first-order valence-corrected chi connectivity index (χ1v) is 8.69. The smallest absolute Gasteiger partial charge is 0.255 e. The van der Waals surface area contributed by atoms with Gasteiger partial charge in [-0.1, -0.05) is 48.0 Å². The number of nitrogens with one attached hydrogen (secondary N) is 1. The summed E-state index contributed by atoms with van der Waals surface area (Å²) in [5.74, 6) is 1.00. The van der Waals surface area contributed by atoms with E-state index in [0.29, 0.717) is 36.8 Å². The van der Waals surface area contributed by atoms with Crippen LogP contribution in [-0.4, -0.2) is 25.7 Å². The van der Waals surface area contributed by atoms with Crippen molar-refractivity contribution >= 4 is 21.8 Å². The molecule has 4 nitrogen and oxygen atoms in total. The lowest BCUT2D eigenvalue weighted by molar-refractivity contribution is 0.0934. The molecule has 2 aromatic carbocycles. The highest BCUT2D eigenvalue weighted by atomic mass is 79.9. The van der Waals surface area contributed by atoms with E-state index in [0.717, 1.165) is 10.0 Å². The Kier molecular flexibility index (Phi) is 4.81. The van der Waals surface area contributed by atoms with Crippen molar-refractivity contribution in [3.63, 3.8) is 0 Å². The third-order valence-corrected chi connectivity index (χ3v) is 4.60. The molecular weight excluding hydrogens is 370 g/mol. The molecule has 0 bridgehead atoms. The van der Waals surface area contributed by atoms with Crippen LogP contribution in [0.3, 0.4) is 0 Å². The molecule has 0 saturated heterocycles. The maximum Gasteiger partial charge on any atom is 0.255 e. The monoisotopic (exact) mass is 389 g/mol. The molecule has 24 heavy (non-hydrogen) atoms. The quantitative estimate of drug-likeness (QED) is 0.861. The van der Waals surface area contributed by atoms with Gasteiger partial charge in [0.25, 0.3) is 5.91 Å². The Balaban J connectivity index is 1.74. The summed E-state index contributed by atoms with van der Waals surface area (Å²) in [4.78, 5) is 12.6. The van der Waals surface area contributed by atoms with Gasteiger partial charge in [-0.2, -0.15) is 0 Å². The molecule has 3 rings (SSSR count). The number of halogens is 1.